The number of anilines is 1. The molecule has 4 rings (SSSR count). The quantitative estimate of drug-likeness (QED) is 0.779. The first kappa shape index (κ1) is 20.1. The van der Waals surface area contributed by atoms with Crippen LogP contribution in [-0.4, -0.2) is 51.7 Å². The molecule has 2 fully saturated rings. The van der Waals surface area contributed by atoms with Gasteiger partial charge in [-0.3, -0.25) is 14.4 Å². The van der Waals surface area contributed by atoms with E-state index in [4.69, 9.17) is 4.42 Å². The number of hydrogen-bond acceptors (Lipinski definition) is 6. The van der Waals surface area contributed by atoms with Crippen molar-refractivity contribution in [1.29, 1.82) is 0 Å². The van der Waals surface area contributed by atoms with Crippen molar-refractivity contribution in [3.8, 4) is 0 Å². The van der Waals surface area contributed by atoms with Crippen molar-refractivity contribution < 1.29 is 18.8 Å². The van der Waals surface area contributed by atoms with Crippen molar-refractivity contribution in [1.82, 2.24) is 20.2 Å². The molecule has 9 heteroatoms. The van der Waals surface area contributed by atoms with Crippen LogP contribution in [0.15, 0.2) is 35.2 Å². The number of likely N-dealkylation sites (tertiary alicyclic amines) is 1. The summed E-state index contributed by atoms with van der Waals surface area (Å²) in [5.74, 6) is -0.140. The zero-order chi connectivity index (χ0) is 20.9. The van der Waals surface area contributed by atoms with Crippen LogP contribution in [0, 0.1) is 5.92 Å². The summed E-state index contributed by atoms with van der Waals surface area (Å²) in [5.41, 5.74) is 0.109. The Morgan fingerprint density at radius 2 is 1.77 bits per heavy atom. The van der Waals surface area contributed by atoms with Crippen molar-refractivity contribution >= 4 is 23.5 Å². The van der Waals surface area contributed by atoms with Gasteiger partial charge in [0.1, 0.15) is 0 Å². The molecule has 0 aromatic carbocycles. The summed E-state index contributed by atoms with van der Waals surface area (Å²) in [6.07, 6.45) is 9.45. The smallest absolute Gasteiger partial charge is 0.289 e. The fourth-order valence-electron chi connectivity index (χ4n) is 4.04. The van der Waals surface area contributed by atoms with E-state index in [2.05, 4.69) is 20.6 Å². The minimum Gasteiger partial charge on any atom is -0.459 e. The Hall–Kier alpha value is -3.23. The van der Waals surface area contributed by atoms with Gasteiger partial charge in [-0.1, -0.05) is 12.8 Å². The molecule has 2 aromatic heterocycles. The van der Waals surface area contributed by atoms with Crippen LogP contribution in [0.4, 0.5) is 5.82 Å². The van der Waals surface area contributed by atoms with Crippen LogP contribution in [0.2, 0.25) is 0 Å². The Morgan fingerprint density at radius 1 is 1.03 bits per heavy atom. The van der Waals surface area contributed by atoms with Gasteiger partial charge in [0, 0.05) is 37.4 Å². The van der Waals surface area contributed by atoms with Gasteiger partial charge in [-0.15, -0.1) is 0 Å². The summed E-state index contributed by atoms with van der Waals surface area (Å²) in [5, 5.41) is 5.73. The van der Waals surface area contributed by atoms with E-state index in [1.807, 2.05) is 0 Å². The van der Waals surface area contributed by atoms with E-state index in [1.54, 1.807) is 17.0 Å². The van der Waals surface area contributed by atoms with E-state index in [0.717, 1.165) is 25.7 Å². The van der Waals surface area contributed by atoms with Gasteiger partial charge in [0.2, 0.25) is 5.91 Å². The second-order valence-corrected chi connectivity index (χ2v) is 7.74. The predicted octanol–water partition coefficient (Wildman–Crippen LogP) is 2.23. The van der Waals surface area contributed by atoms with Gasteiger partial charge < -0.3 is 20.0 Å². The topological polar surface area (TPSA) is 117 Å². The van der Waals surface area contributed by atoms with E-state index < -0.39 is 0 Å². The number of aromatic nitrogens is 2. The van der Waals surface area contributed by atoms with E-state index >= 15 is 0 Å². The number of hydrogen-bond donors (Lipinski definition) is 2. The lowest BCUT2D eigenvalue weighted by atomic mass is 10.0. The van der Waals surface area contributed by atoms with Gasteiger partial charge in [0.05, 0.1) is 6.26 Å². The Morgan fingerprint density at radius 3 is 2.47 bits per heavy atom. The molecule has 3 amide bonds. The molecule has 3 heterocycles. The van der Waals surface area contributed by atoms with Crippen molar-refractivity contribution in [2.75, 3.05) is 18.4 Å². The van der Waals surface area contributed by atoms with E-state index in [0.29, 0.717) is 31.7 Å². The first-order valence-electron chi connectivity index (χ1n) is 10.4. The highest BCUT2D eigenvalue weighted by Gasteiger charge is 2.28. The Kier molecular flexibility index (Phi) is 6.06. The molecule has 158 valence electrons. The highest BCUT2D eigenvalue weighted by molar-refractivity contribution is 6.01. The maximum absolute atomic E-state index is 12.8. The molecule has 0 unspecified atom stereocenters. The van der Waals surface area contributed by atoms with Crippen LogP contribution in [0.3, 0.4) is 0 Å². The van der Waals surface area contributed by atoms with Gasteiger partial charge in [0.15, 0.2) is 17.3 Å². The third kappa shape index (κ3) is 4.50. The number of rotatable bonds is 5. The number of carbonyl (C=O) groups excluding carboxylic acids is 3. The number of nitrogens with zero attached hydrogens (tertiary/aromatic N) is 3. The highest BCUT2D eigenvalue weighted by Crippen LogP contribution is 2.26. The first-order valence-corrected chi connectivity index (χ1v) is 10.4. The number of nitrogens with one attached hydrogen (secondary N) is 2. The molecule has 2 N–H and O–H groups in total. The summed E-state index contributed by atoms with van der Waals surface area (Å²) in [7, 11) is 0. The summed E-state index contributed by atoms with van der Waals surface area (Å²) >= 11 is 0. The van der Waals surface area contributed by atoms with Crippen LogP contribution in [0.5, 0.6) is 0 Å². The lowest BCUT2D eigenvalue weighted by molar-refractivity contribution is -0.119. The maximum atomic E-state index is 12.8. The number of furan rings is 1. The summed E-state index contributed by atoms with van der Waals surface area (Å²) in [4.78, 5) is 47.6. The monoisotopic (exact) mass is 411 g/mol. The zero-order valence-corrected chi connectivity index (χ0v) is 16.7. The fraction of sp³-hybridized carbons (Fsp3) is 0.476. The molecule has 0 spiro atoms. The molecule has 2 aliphatic rings. The second-order valence-electron chi connectivity index (χ2n) is 7.74. The SMILES string of the molecule is O=C(NC1CCN(C(=O)c2ccco2)CC1)c1nccnc1NC(=O)C1CCCC1. The molecule has 1 aliphatic heterocycles. The molecule has 1 aliphatic carbocycles. The lowest BCUT2D eigenvalue weighted by Gasteiger charge is -2.31. The zero-order valence-electron chi connectivity index (χ0n) is 16.7. The van der Waals surface area contributed by atoms with Crippen LogP contribution < -0.4 is 10.6 Å². The molecule has 0 atom stereocenters. The van der Waals surface area contributed by atoms with Crippen LogP contribution in [0.1, 0.15) is 59.6 Å². The van der Waals surface area contributed by atoms with E-state index in [-0.39, 0.29) is 41.2 Å². The molecule has 0 radical (unpaired) electrons. The standard InChI is InChI=1S/C21H25N5O4/c27-19(14-4-1-2-5-14)25-18-17(22-9-10-23-18)20(28)24-15-7-11-26(12-8-15)21(29)16-6-3-13-30-16/h3,6,9-10,13-15H,1-2,4-5,7-8,11-12H2,(H,24,28)(H,23,25,27). The summed E-state index contributed by atoms with van der Waals surface area (Å²) in [6, 6.07) is 3.24. The van der Waals surface area contributed by atoms with Crippen LogP contribution >= 0.6 is 0 Å². The molecular formula is C21H25N5O4. The Balaban J connectivity index is 1.33. The van der Waals surface area contributed by atoms with E-state index in [1.165, 1.54) is 18.7 Å². The Labute approximate surface area is 174 Å². The first-order chi connectivity index (χ1) is 14.6. The molecule has 1 saturated heterocycles. The number of carbonyl (C=O) groups is 3. The van der Waals surface area contributed by atoms with Crippen LogP contribution in [-0.2, 0) is 4.79 Å². The lowest BCUT2D eigenvalue weighted by Crippen LogP contribution is -2.46. The third-order valence-electron chi connectivity index (χ3n) is 5.73. The molecule has 9 nitrogen and oxygen atoms in total. The van der Waals surface area contributed by atoms with Gasteiger partial charge in [-0.05, 0) is 37.8 Å². The van der Waals surface area contributed by atoms with Gasteiger partial charge in [-0.2, -0.15) is 0 Å². The van der Waals surface area contributed by atoms with Crippen molar-refractivity contribution in [2.24, 2.45) is 5.92 Å². The largest absolute Gasteiger partial charge is 0.459 e. The maximum Gasteiger partial charge on any atom is 0.289 e. The summed E-state index contributed by atoms with van der Waals surface area (Å²) < 4.78 is 5.17. The van der Waals surface area contributed by atoms with Crippen molar-refractivity contribution in [3.05, 3.63) is 42.2 Å². The average Bonchev–Trinajstić information content (AvgIpc) is 3.48. The molecule has 1 saturated carbocycles. The molecule has 0 bridgehead atoms. The average molecular weight is 411 g/mol. The Bertz CT molecular complexity index is 900. The van der Waals surface area contributed by atoms with Crippen LogP contribution in [0.25, 0.3) is 0 Å². The molecular weight excluding hydrogens is 386 g/mol. The predicted molar refractivity (Wildman–Crippen MR) is 108 cm³/mol. The van der Waals surface area contributed by atoms with Crippen molar-refractivity contribution in [2.45, 2.75) is 44.6 Å². The number of amides is 3. The molecule has 2 aromatic rings. The second kappa shape index (κ2) is 9.06. The number of piperidine rings is 1. The fourth-order valence-corrected chi connectivity index (χ4v) is 4.04. The highest BCUT2D eigenvalue weighted by atomic mass is 16.3. The normalized spacial score (nSPS) is 17.7. The molecule has 30 heavy (non-hydrogen) atoms. The van der Waals surface area contributed by atoms with Crippen molar-refractivity contribution in [3.63, 3.8) is 0 Å². The third-order valence-corrected chi connectivity index (χ3v) is 5.73. The van der Waals surface area contributed by atoms with E-state index in [9.17, 15) is 14.4 Å². The van der Waals surface area contributed by atoms with Gasteiger partial charge in [0.25, 0.3) is 11.8 Å². The minimum absolute atomic E-state index is 0.0288. The van der Waals surface area contributed by atoms with Gasteiger partial charge in [-0.25, -0.2) is 9.97 Å². The van der Waals surface area contributed by atoms with Gasteiger partial charge >= 0.3 is 0 Å². The summed E-state index contributed by atoms with van der Waals surface area (Å²) in [6.45, 7) is 1.05. The minimum atomic E-state index is -0.374.